The van der Waals surface area contributed by atoms with Crippen molar-refractivity contribution in [2.75, 3.05) is 6.61 Å². The van der Waals surface area contributed by atoms with Gasteiger partial charge in [0.1, 0.15) is 5.01 Å². The highest BCUT2D eigenvalue weighted by molar-refractivity contribution is 7.13. The highest BCUT2D eigenvalue weighted by Gasteiger charge is 2.40. The van der Waals surface area contributed by atoms with E-state index in [2.05, 4.69) is 20.8 Å². The first kappa shape index (κ1) is 18.0. The zero-order chi connectivity index (χ0) is 17.9. The van der Waals surface area contributed by atoms with Crippen molar-refractivity contribution in [3.63, 3.8) is 0 Å². The summed E-state index contributed by atoms with van der Waals surface area (Å²) in [5.74, 6) is 0.305. The minimum absolute atomic E-state index is 0.0976. The fraction of sp³-hybridized carbons (Fsp3) is 0.500. The van der Waals surface area contributed by atoms with Crippen LogP contribution >= 0.6 is 11.3 Å². The van der Waals surface area contributed by atoms with E-state index in [1.165, 1.54) is 16.9 Å². The number of carbonyl (C=O) groups is 1. The van der Waals surface area contributed by atoms with Crippen molar-refractivity contribution in [2.45, 2.75) is 45.3 Å². The van der Waals surface area contributed by atoms with Crippen LogP contribution in [0.1, 0.15) is 45.7 Å². The summed E-state index contributed by atoms with van der Waals surface area (Å²) in [6.45, 7) is 5.14. The van der Waals surface area contributed by atoms with Crippen LogP contribution in [0.2, 0.25) is 0 Å². The van der Waals surface area contributed by atoms with E-state index in [4.69, 9.17) is 0 Å². The summed E-state index contributed by atoms with van der Waals surface area (Å²) in [4.78, 5) is 12.2. The van der Waals surface area contributed by atoms with E-state index in [0.29, 0.717) is 24.0 Å². The molecule has 0 unspecified atom stereocenters. The monoisotopic (exact) mass is 360 g/mol. The number of nitrogens with one attached hydrogen (secondary N) is 2. The van der Waals surface area contributed by atoms with Gasteiger partial charge in [0.15, 0.2) is 0 Å². The molecule has 1 aliphatic rings. The Morgan fingerprint density at radius 1 is 1.28 bits per heavy atom. The second-order valence-electron chi connectivity index (χ2n) is 6.87. The van der Waals surface area contributed by atoms with Gasteiger partial charge < -0.3 is 15.7 Å². The quantitative estimate of drug-likeness (QED) is 0.670. The van der Waals surface area contributed by atoms with Crippen molar-refractivity contribution in [2.24, 2.45) is 5.92 Å². The molecular formula is C18H24N4O2S. The van der Waals surface area contributed by atoms with Crippen LogP contribution in [0, 0.1) is 12.8 Å². The van der Waals surface area contributed by atoms with Crippen LogP contribution in [-0.4, -0.2) is 33.4 Å². The zero-order valence-corrected chi connectivity index (χ0v) is 15.4. The number of benzene rings is 1. The Bertz CT molecular complexity index is 727. The standard InChI is InChI=1S/C18H24N4O2S/c1-12-3-5-13(6-4-12)9-19-16(24)17-22-21-15(25-17)10-20-18(2,11-23)14-7-8-14/h3-6,14,20,23H,7-11H2,1-2H3,(H,19,24)/t18-/m0/s1. The Hall–Kier alpha value is -1.83. The zero-order valence-electron chi connectivity index (χ0n) is 14.6. The number of aliphatic hydroxyl groups is 1. The maximum absolute atomic E-state index is 12.2. The summed E-state index contributed by atoms with van der Waals surface area (Å²) in [6, 6.07) is 8.04. The Balaban J connectivity index is 1.51. The molecule has 1 saturated carbocycles. The van der Waals surface area contributed by atoms with Crippen LogP contribution in [-0.2, 0) is 13.1 Å². The number of aliphatic hydroxyl groups excluding tert-OH is 1. The van der Waals surface area contributed by atoms with Gasteiger partial charge in [0.05, 0.1) is 13.2 Å². The fourth-order valence-corrected chi connectivity index (χ4v) is 3.40. The van der Waals surface area contributed by atoms with E-state index in [1.54, 1.807) is 0 Å². The highest BCUT2D eigenvalue weighted by Crippen LogP contribution is 2.39. The number of nitrogens with zero attached hydrogens (tertiary/aromatic N) is 2. The molecule has 0 bridgehead atoms. The average Bonchev–Trinajstić information content (AvgIpc) is 3.38. The van der Waals surface area contributed by atoms with Crippen LogP contribution < -0.4 is 10.6 Å². The number of rotatable bonds is 8. The molecule has 0 aliphatic heterocycles. The summed E-state index contributed by atoms with van der Waals surface area (Å²) in [5.41, 5.74) is 1.96. The molecule has 1 atom stereocenters. The summed E-state index contributed by atoms with van der Waals surface area (Å²) in [7, 11) is 0. The van der Waals surface area contributed by atoms with Crippen molar-refractivity contribution >= 4 is 17.2 Å². The van der Waals surface area contributed by atoms with Crippen LogP contribution in [0.15, 0.2) is 24.3 Å². The van der Waals surface area contributed by atoms with E-state index in [-0.39, 0.29) is 18.1 Å². The molecule has 1 amide bonds. The van der Waals surface area contributed by atoms with Crippen molar-refractivity contribution in [1.82, 2.24) is 20.8 Å². The third-order valence-corrected chi connectivity index (χ3v) is 5.61. The average molecular weight is 360 g/mol. The lowest BCUT2D eigenvalue weighted by Crippen LogP contribution is -2.47. The summed E-state index contributed by atoms with van der Waals surface area (Å²) in [5, 5.41) is 25.0. The number of hydrogen-bond donors (Lipinski definition) is 3. The predicted molar refractivity (Wildman–Crippen MR) is 97.3 cm³/mol. The molecule has 6 nitrogen and oxygen atoms in total. The number of aryl methyl sites for hydroxylation is 1. The molecule has 0 saturated heterocycles. The molecule has 7 heteroatoms. The molecule has 1 fully saturated rings. The SMILES string of the molecule is Cc1ccc(CNC(=O)c2nnc(CN[C@@](C)(CO)C3CC3)s2)cc1. The molecule has 1 heterocycles. The molecule has 134 valence electrons. The largest absolute Gasteiger partial charge is 0.394 e. The van der Waals surface area contributed by atoms with Gasteiger partial charge in [-0.1, -0.05) is 41.2 Å². The number of amides is 1. The summed E-state index contributed by atoms with van der Waals surface area (Å²) in [6.07, 6.45) is 2.29. The topological polar surface area (TPSA) is 87.1 Å². The van der Waals surface area contributed by atoms with Crippen molar-refractivity contribution in [3.8, 4) is 0 Å². The minimum Gasteiger partial charge on any atom is -0.394 e. The minimum atomic E-state index is -0.278. The van der Waals surface area contributed by atoms with Gasteiger partial charge >= 0.3 is 0 Å². The maximum atomic E-state index is 12.2. The van der Waals surface area contributed by atoms with E-state index in [9.17, 15) is 9.90 Å². The third kappa shape index (κ3) is 4.62. The second kappa shape index (κ2) is 7.59. The Labute approximate surface area is 151 Å². The third-order valence-electron chi connectivity index (χ3n) is 4.69. The van der Waals surface area contributed by atoms with Crippen LogP contribution in [0.5, 0.6) is 0 Å². The van der Waals surface area contributed by atoms with Gasteiger partial charge in [-0.25, -0.2) is 0 Å². The maximum Gasteiger partial charge on any atom is 0.282 e. The van der Waals surface area contributed by atoms with Crippen LogP contribution in [0.4, 0.5) is 0 Å². The van der Waals surface area contributed by atoms with E-state index < -0.39 is 0 Å². The molecule has 2 aromatic rings. The molecule has 3 rings (SSSR count). The van der Waals surface area contributed by atoms with Gasteiger partial charge in [0.2, 0.25) is 5.01 Å². The van der Waals surface area contributed by atoms with Gasteiger partial charge in [0.25, 0.3) is 5.91 Å². The molecule has 1 aromatic carbocycles. The first-order valence-electron chi connectivity index (χ1n) is 8.52. The number of hydrogen-bond acceptors (Lipinski definition) is 6. The predicted octanol–water partition coefficient (Wildman–Crippen LogP) is 2.03. The Morgan fingerprint density at radius 3 is 2.64 bits per heavy atom. The first-order valence-corrected chi connectivity index (χ1v) is 9.34. The summed E-state index contributed by atoms with van der Waals surface area (Å²) < 4.78 is 0. The van der Waals surface area contributed by atoms with Gasteiger partial charge in [0, 0.05) is 12.1 Å². The lowest BCUT2D eigenvalue weighted by Gasteiger charge is -2.28. The summed E-state index contributed by atoms with van der Waals surface area (Å²) >= 11 is 1.28. The normalized spacial score (nSPS) is 16.4. The fourth-order valence-electron chi connectivity index (χ4n) is 2.71. The van der Waals surface area contributed by atoms with Crippen LogP contribution in [0.3, 0.4) is 0 Å². The Kier molecular flexibility index (Phi) is 5.46. The van der Waals surface area contributed by atoms with Crippen LogP contribution in [0.25, 0.3) is 0 Å². The van der Waals surface area contributed by atoms with Crippen molar-refractivity contribution < 1.29 is 9.90 Å². The van der Waals surface area contributed by atoms with Crippen molar-refractivity contribution in [1.29, 1.82) is 0 Å². The van der Waals surface area contributed by atoms with E-state index in [1.807, 2.05) is 38.1 Å². The van der Waals surface area contributed by atoms with E-state index >= 15 is 0 Å². The van der Waals surface area contributed by atoms with Crippen molar-refractivity contribution in [3.05, 3.63) is 45.4 Å². The van der Waals surface area contributed by atoms with Gasteiger partial charge in [-0.2, -0.15) is 0 Å². The molecular weight excluding hydrogens is 336 g/mol. The second-order valence-corrected chi connectivity index (χ2v) is 7.93. The molecule has 1 aliphatic carbocycles. The number of aromatic nitrogens is 2. The smallest absolute Gasteiger partial charge is 0.282 e. The lowest BCUT2D eigenvalue weighted by atomic mass is 9.97. The number of carbonyl (C=O) groups excluding carboxylic acids is 1. The van der Waals surface area contributed by atoms with E-state index in [0.717, 1.165) is 23.4 Å². The highest BCUT2D eigenvalue weighted by atomic mass is 32.1. The first-order chi connectivity index (χ1) is 12.0. The van der Waals surface area contributed by atoms with Gasteiger partial charge in [-0.05, 0) is 38.2 Å². The lowest BCUT2D eigenvalue weighted by molar-refractivity contribution is 0.0950. The molecule has 0 radical (unpaired) electrons. The molecule has 25 heavy (non-hydrogen) atoms. The van der Waals surface area contributed by atoms with Gasteiger partial charge in [-0.15, -0.1) is 10.2 Å². The molecule has 3 N–H and O–H groups in total. The molecule has 0 spiro atoms. The van der Waals surface area contributed by atoms with Gasteiger partial charge in [-0.3, -0.25) is 4.79 Å². The Morgan fingerprint density at radius 2 is 2.00 bits per heavy atom. The molecule has 1 aromatic heterocycles.